The van der Waals surface area contributed by atoms with E-state index in [0.29, 0.717) is 6.07 Å². The topological polar surface area (TPSA) is 142 Å². The molecule has 8 nitrogen and oxygen atoms in total. The highest BCUT2D eigenvalue weighted by atomic mass is 35.5. The van der Waals surface area contributed by atoms with E-state index >= 15 is 0 Å². The maximum atomic E-state index is 13.3. The van der Waals surface area contributed by atoms with Crippen LogP contribution in [0.1, 0.15) is 18.4 Å². The molecule has 0 bridgehead atoms. The molecule has 1 aliphatic heterocycles. The van der Waals surface area contributed by atoms with E-state index in [1.54, 1.807) is 6.07 Å². The molecule has 4 atom stereocenters. The zero-order chi connectivity index (χ0) is 21.8. The van der Waals surface area contributed by atoms with Crippen LogP contribution in [-0.4, -0.2) is 54.2 Å². The number of nitrogens with zero attached hydrogens (tertiary/aromatic N) is 2. The van der Waals surface area contributed by atoms with Crippen molar-refractivity contribution in [1.29, 1.82) is 5.26 Å². The zero-order valence-corrected chi connectivity index (χ0v) is 16.8. The fourth-order valence-corrected chi connectivity index (χ4v) is 5.77. The maximum absolute atomic E-state index is 13.3. The summed E-state index contributed by atoms with van der Waals surface area (Å²) in [4.78, 5) is 23.5. The van der Waals surface area contributed by atoms with E-state index in [9.17, 15) is 41.5 Å². The van der Waals surface area contributed by atoms with Crippen LogP contribution in [0.2, 0.25) is 0 Å². The number of alkyl halides is 3. The Kier molecular flexibility index (Phi) is 6.15. The molecule has 0 spiro atoms. The molecule has 164 valence electrons. The van der Waals surface area contributed by atoms with Gasteiger partial charge in [-0.15, -0.1) is 12.4 Å². The Labute approximate surface area is 175 Å². The largest absolute Gasteiger partial charge is 0.480 e. The molecule has 3 N–H and O–H groups in total. The zero-order valence-electron chi connectivity index (χ0n) is 15.2. The van der Waals surface area contributed by atoms with Gasteiger partial charge in [-0.05, 0) is 25.0 Å². The molecule has 1 saturated heterocycles. The van der Waals surface area contributed by atoms with E-state index in [1.165, 1.54) is 4.90 Å². The summed E-state index contributed by atoms with van der Waals surface area (Å²) in [5.74, 6) is -2.35. The van der Waals surface area contributed by atoms with Crippen molar-refractivity contribution >= 4 is 34.1 Å². The summed E-state index contributed by atoms with van der Waals surface area (Å²) in [5, 5.41) is 17.3. The second-order valence-corrected chi connectivity index (χ2v) is 9.31. The van der Waals surface area contributed by atoms with Crippen LogP contribution in [0.15, 0.2) is 29.2 Å². The Balaban J connectivity index is 0.00000320. The Bertz CT molecular complexity index is 1030. The van der Waals surface area contributed by atoms with Gasteiger partial charge in [0.1, 0.15) is 6.04 Å². The van der Waals surface area contributed by atoms with Crippen LogP contribution in [-0.2, 0) is 25.6 Å². The smallest absolute Gasteiger partial charge is 0.417 e. The molecular weight excluding hydrogens is 451 g/mol. The first kappa shape index (κ1) is 23.9. The molecular formula is C17H17ClF3N3O5S. The van der Waals surface area contributed by atoms with Gasteiger partial charge in [-0.3, -0.25) is 14.5 Å². The first-order chi connectivity index (χ1) is 13.4. The lowest BCUT2D eigenvalue weighted by atomic mass is 10.1. The molecule has 1 aliphatic carbocycles. The molecule has 30 heavy (non-hydrogen) atoms. The average Bonchev–Trinajstić information content (AvgIpc) is 3.22. The van der Waals surface area contributed by atoms with E-state index in [1.807, 2.05) is 0 Å². The Morgan fingerprint density at radius 1 is 1.30 bits per heavy atom. The number of primary amides is 1. The first-order valence-electron chi connectivity index (χ1n) is 8.46. The van der Waals surface area contributed by atoms with Gasteiger partial charge in [0.25, 0.3) is 0 Å². The van der Waals surface area contributed by atoms with Gasteiger partial charge in [0, 0.05) is 12.6 Å². The minimum atomic E-state index is -4.91. The van der Waals surface area contributed by atoms with Crippen molar-refractivity contribution in [3.8, 4) is 6.07 Å². The number of hydrogen-bond donors (Lipinski definition) is 2. The number of sulfone groups is 1. The predicted molar refractivity (Wildman–Crippen MR) is 98.1 cm³/mol. The Morgan fingerprint density at radius 3 is 2.37 bits per heavy atom. The van der Waals surface area contributed by atoms with Crippen molar-refractivity contribution in [2.75, 3.05) is 6.54 Å². The first-order valence-corrected chi connectivity index (χ1v) is 10.0. The lowest BCUT2D eigenvalue weighted by Gasteiger charge is -2.22. The summed E-state index contributed by atoms with van der Waals surface area (Å²) in [6.45, 7) is -0.424. The second kappa shape index (κ2) is 7.72. The number of carboxylic acids is 1. The number of rotatable bonds is 5. The van der Waals surface area contributed by atoms with Gasteiger partial charge in [-0.2, -0.15) is 18.4 Å². The monoisotopic (exact) mass is 467 g/mol. The van der Waals surface area contributed by atoms with Gasteiger partial charge in [-0.1, -0.05) is 12.1 Å². The van der Waals surface area contributed by atoms with Crippen molar-refractivity contribution in [2.24, 2.45) is 11.1 Å². The Hall–Kier alpha value is -2.36. The standard InChI is InChI=1S/C17H16F3N3O5S.ClH/c18-17(19,20)10-3-1-2-4-12(10)29(27,28)9-5-11(14(24)25)23(7-9)13-6-16(13,8-21)15(22)26;/h1-4,9,11,13H,5-7H2,(H2,22,26)(H,24,25);1H/t9-,11+,13?,16?;/m1./s1. The molecule has 2 aliphatic rings. The highest BCUT2D eigenvalue weighted by Gasteiger charge is 2.66. The molecule has 1 heterocycles. The molecule has 13 heteroatoms. The number of carbonyl (C=O) groups is 2. The molecule has 0 aromatic heterocycles. The van der Waals surface area contributed by atoms with Crippen LogP contribution in [0.4, 0.5) is 13.2 Å². The molecule has 1 amide bonds. The minimum Gasteiger partial charge on any atom is -0.480 e. The minimum absolute atomic E-state index is 0. The number of aliphatic carboxylic acids is 1. The average molecular weight is 468 g/mol. The van der Waals surface area contributed by atoms with Crippen molar-refractivity contribution < 1.29 is 36.3 Å². The van der Waals surface area contributed by atoms with Crippen LogP contribution in [0.3, 0.4) is 0 Å². The number of carbonyl (C=O) groups excluding carboxylic acids is 1. The lowest BCUT2D eigenvalue weighted by molar-refractivity contribution is -0.143. The number of benzene rings is 1. The molecule has 3 rings (SSSR count). The van der Waals surface area contributed by atoms with Crippen LogP contribution in [0.25, 0.3) is 0 Å². The van der Waals surface area contributed by atoms with Crippen LogP contribution in [0.5, 0.6) is 0 Å². The normalized spacial score (nSPS) is 28.9. The number of hydrogen-bond acceptors (Lipinski definition) is 6. The number of carboxylic acid groups (broad SMARTS) is 1. The summed E-state index contributed by atoms with van der Waals surface area (Å²) in [6, 6.07) is 3.16. The molecule has 2 unspecified atom stereocenters. The van der Waals surface area contributed by atoms with Gasteiger partial charge in [0.05, 0.1) is 21.8 Å². The number of halogens is 4. The van der Waals surface area contributed by atoms with E-state index < -0.39 is 74.1 Å². The van der Waals surface area contributed by atoms with E-state index in [0.717, 1.165) is 18.2 Å². The van der Waals surface area contributed by atoms with Crippen LogP contribution < -0.4 is 5.73 Å². The van der Waals surface area contributed by atoms with Gasteiger partial charge in [0.15, 0.2) is 15.3 Å². The number of amides is 1. The summed E-state index contributed by atoms with van der Waals surface area (Å²) in [6.07, 6.45) is -5.44. The second-order valence-electron chi connectivity index (χ2n) is 7.11. The number of nitrogens with two attached hydrogens (primary N) is 1. The molecule has 1 saturated carbocycles. The van der Waals surface area contributed by atoms with Crippen molar-refractivity contribution in [3.05, 3.63) is 29.8 Å². The fourth-order valence-electron chi connectivity index (χ4n) is 3.85. The van der Waals surface area contributed by atoms with Crippen molar-refractivity contribution in [2.45, 2.75) is 41.2 Å². The maximum Gasteiger partial charge on any atom is 0.417 e. The number of likely N-dealkylation sites (tertiary alicyclic amines) is 1. The third-order valence-corrected chi connectivity index (χ3v) is 7.68. The van der Waals surface area contributed by atoms with E-state index in [4.69, 9.17) is 5.73 Å². The number of nitriles is 1. The summed E-state index contributed by atoms with van der Waals surface area (Å²) < 4.78 is 65.7. The molecule has 0 radical (unpaired) electrons. The van der Waals surface area contributed by atoms with E-state index in [-0.39, 0.29) is 18.8 Å². The predicted octanol–water partition coefficient (Wildman–Crippen LogP) is 1.20. The van der Waals surface area contributed by atoms with Crippen molar-refractivity contribution in [1.82, 2.24) is 4.90 Å². The highest BCUT2D eigenvalue weighted by molar-refractivity contribution is 7.92. The van der Waals surface area contributed by atoms with Gasteiger partial charge < -0.3 is 10.8 Å². The van der Waals surface area contributed by atoms with Gasteiger partial charge in [0.2, 0.25) is 5.91 Å². The summed E-state index contributed by atoms with van der Waals surface area (Å²) >= 11 is 0. The fraction of sp³-hybridized carbons (Fsp3) is 0.471. The van der Waals surface area contributed by atoms with Crippen LogP contribution >= 0.6 is 12.4 Å². The third kappa shape index (κ3) is 3.73. The summed E-state index contributed by atoms with van der Waals surface area (Å²) in [7, 11) is -4.55. The summed E-state index contributed by atoms with van der Waals surface area (Å²) in [5.41, 5.74) is 2.26. The van der Waals surface area contributed by atoms with E-state index in [2.05, 4.69) is 0 Å². The molecule has 2 fully saturated rings. The SMILES string of the molecule is Cl.N#CC1(C(N)=O)CC1N1C[C@H](S(=O)(=O)c2ccccc2C(F)(F)F)C[C@H]1C(=O)O. The highest BCUT2D eigenvalue weighted by Crippen LogP contribution is 2.51. The third-order valence-electron chi connectivity index (χ3n) is 5.49. The van der Waals surface area contributed by atoms with Crippen LogP contribution in [0, 0.1) is 16.7 Å². The van der Waals surface area contributed by atoms with Gasteiger partial charge in [-0.25, -0.2) is 8.42 Å². The van der Waals surface area contributed by atoms with Gasteiger partial charge >= 0.3 is 12.1 Å². The molecule has 1 aromatic rings. The quantitative estimate of drug-likeness (QED) is 0.662. The Morgan fingerprint density at radius 2 is 1.90 bits per heavy atom. The molecule has 1 aromatic carbocycles. The van der Waals surface area contributed by atoms with Crippen molar-refractivity contribution in [3.63, 3.8) is 0 Å². The lowest BCUT2D eigenvalue weighted by Crippen LogP contribution is -2.42.